The van der Waals surface area contributed by atoms with E-state index in [-0.39, 0.29) is 12.5 Å². The maximum Gasteiger partial charge on any atom is 0.257 e. The van der Waals surface area contributed by atoms with Gasteiger partial charge in [-0.15, -0.1) is 0 Å². The summed E-state index contributed by atoms with van der Waals surface area (Å²) in [4.78, 5) is 16.3. The molecule has 2 heterocycles. The van der Waals surface area contributed by atoms with Crippen LogP contribution in [-0.4, -0.2) is 17.4 Å². The quantitative estimate of drug-likeness (QED) is 0.821. The van der Waals surface area contributed by atoms with Gasteiger partial charge >= 0.3 is 0 Å². The van der Waals surface area contributed by atoms with Gasteiger partial charge in [0, 0.05) is 5.38 Å². The molecule has 96 valence electrons. The van der Waals surface area contributed by atoms with Gasteiger partial charge in [-0.25, -0.2) is 4.98 Å². The van der Waals surface area contributed by atoms with E-state index < -0.39 is 0 Å². The minimum Gasteiger partial charge on any atom is -0.320 e. The summed E-state index contributed by atoms with van der Waals surface area (Å²) in [6, 6.07) is 5.30. The summed E-state index contributed by atoms with van der Waals surface area (Å²) in [6.07, 6.45) is 0. The van der Waals surface area contributed by atoms with Gasteiger partial charge < -0.3 is 11.1 Å². The number of hydrogen-bond donors (Lipinski definition) is 2. The third-order valence-electron chi connectivity index (χ3n) is 2.41. The van der Waals surface area contributed by atoms with Crippen LogP contribution in [0.15, 0.2) is 29.0 Å². The van der Waals surface area contributed by atoms with Crippen molar-refractivity contribution in [2.45, 2.75) is 6.92 Å². The Morgan fingerprint density at radius 3 is 3.00 bits per heavy atom. The Morgan fingerprint density at radius 2 is 2.32 bits per heavy atom. The SMILES string of the molecule is Cc1cscc1C(=O)Nc1cccc(C#CCN)n1. The molecule has 2 aromatic rings. The summed E-state index contributed by atoms with van der Waals surface area (Å²) in [6.45, 7) is 2.19. The predicted octanol–water partition coefficient (Wildman–Crippen LogP) is 2.01. The van der Waals surface area contributed by atoms with Crippen molar-refractivity contribution in [3.05, 3.63) is 45.8 Å². The van der Waals surface area contributed by atoms with Crippen molar-refractivity contribution in [1.82, 2.24) is 4.98 Å². The standard InChI is InChI=1S/C14H13N3OS/c1-10-8-19-9-12(10)14(18)17-13-6-2-4-11(16-13)5-3-7-15/h2,4,6,8-9H,7,15H2,1H3,(H,16,17,18). The van der Waals surface area contributed by atoms with E-state index in [1.54, 1.807) is 18.2 Å². The topological polar surface area (TPSA) is 68.0 Å². The van der Waals surface area contributed by atoms with E-state index >= 15 is 0 Å². The van der Waals surface area contributed by atoms with Crippen LogP contribution in [0.5, 0.6) is 0 Å². The van der Waals surface area contributed by atoms with Crippen molar-refractivity contribution >= 4 is 23.1 Å². The van der Waals surface area contributed by atoms with Gasteiger partial charge in [0.15, 0.2) is 0 Å². The summed E-state index contributed by atoms with van der Waals surface area (Å²) >= 11 is 1.50. The lowest BCUT2D eigenvalue weighted by atomic mass is 10.2. The Hall–Kier alpha value is -2.16. The third kappa shape index (κ3) is 3.41. The minimum absolute atomic E-state index is 0.157. The fraction of sp³-hybridized carbons (Fsp3) is 0.143. The summed E-state index contributed by atoms with van der Waals surface area (Å²) in [5.74, 6) is 5.88. The molecule has 0 spiro atoms. The number of pyridine rings is 1. The first-order valence-corrected chi connectivity index (χ1v) is 6.65. The van der Waals surface area contributed by atoms with E-state index in [0.717, 1.165) is 5.56 Å². The predicted molar refractivity (Wildman–Crippen MR) is 77.2 cm³/mol. The lowest BCUT2D eigenvalue weighted by Gasteiger charge is -2.04. The van der Waals surface area contributed by atoms with E-state index in [0.29, 0.717) is 17.1 Å². The molecule has 0 aliphatic rings. The molecule has 2 rings (SSSR count). The molecule has 0 unspecified atom stereocenters. The Bertz CT molecular complexity index is 652. The smallest absolute Gasteiger partial charge is 0.257 e. The number of hydrogen-bond acceptors (Lipinski definition) is 4. The molecular weight excluding hydrogens is 258 g/mol. The van der Waals surface area contributed by atoms with E-state index in [4.69, 9.17) is 5.73 Å². The highest BCUT2D eigenvalue weighted by atomic mass is 32.1. The first-order valence-electron chi connectivity index (χ1n) is 5.71. The van der Waals surface area contributed by atoms with Crippen LogP contribution in [0.1, 0.15) is 21.6 Å². The number of anilines is 1. The second-order valence-corrected chi connectivity index (χ2v) is 4.58. The van der Waals surface area contributed by atoms with Crippen molar-refractivity contribution in [2.75, 3.05) is 11.9 Å². The molecule has 0 fully saturated rings. The maximum atomic E-state index is 12.0. The molecule has 0 saturated carbocycles. The molecule has 0 aliphatic carbocycles. The van der Waals surface area contributed by atoms with Gasteiger partial charge in [0.25, 0.3) is 5.91 Å². The van der Waals surface area contributed by atoms with Gasteiger partial charge in [-0.3, -0.25) is 4.79 Å². The zero-order chi connectivity index (χ0) is 13.7. The van der Waals surface area contributed by atoms with Gasteiger partial charge in [0.2, 0.25) is 0 Å². The van der Waals surface area contributed by atoms with Crippen LogP contribution in [0.25, 0.3) is 0 Å². The van der Waals surface area contributed by atoms with Gasteiger partial charge in [-0.2, -0.15) is 11.3 Å². The average Bonchev–Trinajstić information content (AvgIpc) is 2.83. The second kappa shape index (κ2) is 6.14. The van der Waals surface area contributed by atoms with Crippen molar-refractivity contribution in [2.24, 2.45) is 5.73 Å². The normalized spacial score (nSPS) is 9.58. The number of rotatable bonds is 2. The number of nitrogens with two attached hydrogens (primary N) is 1. The molecule has 5 heteroatoms. The summed E-state index contributed by atoms with van der Waals surface area (Å²) < 4.78 is 0. The van der Waals surface area contributed by atoms with E-state index in [2.05, 4.69) is 22.1 Å². The van der Waals surface area contributed by atoms with Crippen LogP contribution in [-0.2, 0) is 0 Å². The molecule has 19 heavy (non-hydrogen) atoms. The van der Waals surface area contributed by atoms with E-state index in [1.807, 2.05) is 17.7 Å². The fourth-order valence-corrected chi connectivity index (χ4v) is 2.32. The third-order valence-corrected chi connectivity index (χ3v) is 3.27. The molecule has 0 aromatic carbocycles. The number of carbonyl (C=O) groups is 1. The van der Waals surface area contributed by atoms with Gasteiger partial charge in [-0.1, -0.05) is 12.0 Å². The first kappa shape index (κ1) is 13.3. The Balaban J connectivity index is 2.15. The van der Waals surface area contributed by atoms with E-state index in [1.165, 1.54) is 11.3 Å². The highest BCUT2D eigenvalue weighted by Gasteiger charge is 2.10. The molecule has 0 saturated heterocycles. The largest absolute Gasteiger partial charge is 0.320 e. The molecule has 1 amide bonds. The van der Waals surface area contributed by atoms with Crippen LogP contribution in [0.3, 0.4) is 0 Å². The highest BCUT2D eigenvalue weighted by Crippen LogP contribution is 2.15. The molecule has 2 aromatic heterocycles. The monoisotopic (exact) mass is 271 g/mol. The lowest BCUT2D eigenvalue weighted by molar-refractivity contribution is 0.102. The van der Waals surface area contributed by atoms with Crippen molar-refractivity contribution < 1.29 is 4.79 Å². The van der Waals surface area contributed by atoms with E-state index in [9.17, 15) is 4.79 Å². The van der Waals surface area contributed by atoms with Gasteiger partial charge in [-0.05, 0) is 35.9 Å². The Morgan fingerprint density at radius 1 is 1.47 bits per heavy atom. The number of aromatic nitrogens is 1. The summed E-state index contributed by atoms with van der Waals surface area (Å²) in [7, 11) is 0. The molecule has 3 N–H and O–H groups in total. The number of nitrogens with one attached hydrogen (secondary N) is 1. The second-order valence-electron chi connectivity index (χ2n) is 3.84. The number of nitrogens with zero attached hydrogens (tertiary/aromatic N) is 1. The van der Waals surface area contributed by atoms with Gasteiger partial charge in [0.1, 0.15) is 11.5 Å². The summed E-state index contributed by atoms with van der Waals surface area (Å²) in [5.41, 5.74) is 7.53. The van der Waals surface area contributed by atoms with Crippen molar-refractivity contribution in [3.8, 4) is 11.8 Å². The van der Waals surface area contributed by atoms with Crippen LogP contribution < -0.4 is 11.1 Å². The summed E-state index contributed by atoms with van der Waals surface area (Å²) in [5, 5.41) is 6.52. The molecule has 0 bridgehead atoms. The van der Waals surface area contributed by atoms with Crippen LogP contribution in [0.2, 0.25) is 0 Å². The van der Waals surface area contributed by atoms with Gasteiger partial charge in [0.05, 0.1) is 12.1 Å². The zero-order valence-corrected chi connectivity index (χ0v) is 11.3. The first-order chi connectivity index (χ1) is 9.20. The van der Waals surface area contributed by atoms with Crippen molar-refractivity contribution in [3.63, 3.8) is 0 Å². The number of thiophene rings is 1. The molecular formula is C14H13N3OS. The van der Waals surface area contributed by atoms with Crippen LogP contribution >= 0.6 is 11.3 Å². The number of amides is 1. The van der Waals surface area contributed by atoms with Crippen LogP contribution in [0, 0.1) is 18.8 Å². The van der Waals surface area contributed by atoms with Crippen molar-refractivity contribution in [1.29, 1.82) is 0 Å². The molecule has 0 atom stereocenters. The van der Waals surface area contributed by atoms with Crippen LogP contribution in [0.4, 0.5) is 5.82 Å². The lowest BCUT2D eigenvalue weighted by Crippen LogP contribution is -2.13. The Kier molecular flexibility index (Phi) is 4.29. The molecule has 0 aliphatic heterocycles. The molecule has 4 nitrogen and oxygen atoms in total. The minimum atomic E-state index is -0.157. The highest BCUT2D eigenvalue weighted by molar-refractivity contribution is 7.08. The fourth-order valence-electron chi connectivity index (χ4n) is 1.49. The molecule has 0 radical (unpaired) electrons. The Labute approximate surface area is 115 Å². The maximum absolute atomic E-state index is 12.0. The zero-order valence-electron chi connectivity index (χ0n) is 10.4. The number of aryl methyl sites for hydroxylation is 1. The number of carbonyl (C=O) groups excluding carboxylic acids is 1. The average molecular weight is 271 g/mol.